The zero-order chi connectivity index (χ0) is 16.5. The molecule has 3 N–H and O–H groups in total. The number of carbonyl (C=O) groups excluding carboxylic acids is 1. The number of aryl methyl sites for hydroxylation is 2. The summed E-state index contributed by atoms with van der Waals surface area (Å²) in [5, 5.41) is 3.24. The molecule has 0 bridgehead atoms. The fourth-order valence-corrected chi connectivity index (χ4v) is 2.48. The van der Waals surface area contributed by atoms with Gasteiger partial charge in [-0.3, -0.25) is 4.79 Å². The van der Waals surface area contributed by atoms with E-state index in [0.717, 1.165) is 35.4 Å². The van der Waals surface area contributed by atoms with Gasteiger partial charge in [0.25, 0.3) is 0 Å². The van der Waals surface area contributed by atoms with E-state index in [2.05, 4.69) is 17.2 Å². The molecule has 122 valence electrons. The third kappa shape index (κ3) is 5.97. The Balaban J connectivity index is 2.64. The molecule has 6 heteroatoms. The van der Waals surface area contributed by atoms with Crippen molar-refractivity contribution in [1.29, 1.82) is 0 Å². The lowest BCUT2D eigenvalue weighted by Gasteiger charge is -2.09. The first-order chi connectivity index (χ1) is 10.5. The van der Waals surface area contributed by atoms with E-state index in [1.165, 1.54) is 11.8 Å². The van der Waals surface area contributed by atoms with Crippen molar-refractivity contribution in [3.63, 3.8) is 0 Å². The van der Waals surface area contributed by atoms with Gasteiger partial charge in [0.15, 0.2) is 5.17 Å². The maximum atomic E-state index is 11.6. The van der Waals surface area contributed by atoms with Gasteiger partial charge in [-0.05, 0) is 43.5 Å². The molecule has 1 aromatic rings. The van der Waals surface area contributed by atoms with Gasteiger partial charge in [0.05, 0.1) is 18.6 Å². The molecule has 0 saturated heterocycles. The van der Waals surface area contributed by atoms with Gasteiger partial charge < -0.3 is 15.8 Å². The van der Waals surface area contributed by atoms with Gasteiger partial charge >= 0.3 is 0 Å². The lowest BCUT2D eigenvalue weighted by atomic mass is 10.1. The van der Waals surface area contributed by atoms with Crippen LogP contribution in [0.2, 0.25) is 0 Å². The number of hydrogen-bond acceptors (Lipinski definition) is 4. The Labute approximate surface area is 136 Å². The molecule has 0 aromatic heterocycles. The van der Waals surface area contributed by atoms with E-state index in [-0.39, 0.29) is 11.7 Å². The second-order valence-corrected chi connectivity index (χ2v) is 6.05. The van der Waals surface area contributed by atoms with Crippen LogP contribution in [-0.4, -0.2) is 30.5 Å². The van der Waals surface area contributed by atoms with Crippen molar-refractivity contribution in [2.24, 2.45) is 10.7 Å². The van der Waals surface area contributed by atoms with Crippen LogP contribution < -0.4 is 15.8 Å². The van der Waals surface area contributed by atoms with E-state index in [1.54, 1.807) is 7.11 Å². The van der Waals surface area contributed by atoms with Crippen molar-refractivity contribution in [3.8, 4) is 5.75 Å². The molecule has 0 atom stereocenters. The summed E-state index contributed by atoms with van der Waals surface area (Å²) in [6, 6.07) is 3.84. The van der Waals surface area contributed by atoms with E-state index in [0.29, 0.717) is 11.7 Å². The number of aliphatic imine (C=N–C) groups is 1. The molecule has 1 amide bonds. The van der Waals surface area contributed by atoms with Crippen molar-refractivity contribution < 1.29 is 9.53 Å². The first kappa shape index (κ1) is 18.4. The standard InChI is InChI=1S/C16H25N3O2S/c1-5-6-7-18-14(20)10-22-16(17)19-15-11(2)8-13(21-4)9-12(15)3/h8-9H,5-7,10H2,1-4H3,(H2,17,19)(H,18,20). The Hall–Kier alpha value is -1.69. The zero-order valence-electron chi connectivity index (χ0n) is 13.7. The van der Waals surface area contributed by atoms with Gasteiger partial charge in [0, 0.05) is 6.54 Å². The van der Waals surface area contributed by atoms with Crippen LogP contribution in [0.5, 0.6) is 5.75 Å². The second kappa shape index (κ2) is 9.35. The van der Waals surface area contributed by atoms with Crippen molar-refractivity contribution in [2.45, 2.75) is 33.6 Å². The summed E-state index contributed by atoms with van der Waals surface area (Å²) in [7, 11) is 1.64. The van der Waals surface area contributed by atoms with Crippen molar-refractivity contribution in [3.05, 3.63) is 23.3 Å². The Morgan fingerprint density at radius 2 is 2.00 bits per heavy atom. The minimum Gasteiger partial charge on any atom is -0.497 e. The summed E-state index contributed by atoms with van der Waals surface area (Å²) in [4.78, 5) is 16.1. The predicted octanol–water partition coefficient (Wildman–Crippen LogP) is 2.91. The van der Waals surface area contributed by atoms with Crippen LogP contribution in [0.25, 0.3) is 0 Å². The number of nitrogens with two attached hydrogens (primary N) is 1. The summed E-state index contributed by atoms with van der Waals surface area (Å²) < 4.78 is 5.22. The molecule has 0 spiro atoms. The lowest BCUT2D eigenvalue weighted by molar-refractivity contribution is -0.118. The van der Waals surface area contributed by atoms with Gasteiger partial charge in [-0.2, -0.15) is 0 Å². The summed E-state index contributed by atoms with van der Waals surface area (Å²) >= 11 is 1.25. The molecule has 0 saturated carbocycles. The number of rotatable bonds is 7. The molecule has 5 nitrogen and oxygen atoms in total. The molecule has 0 heterocycles. The normalized spacial score (nSPS) is 11.4. The highest BCUT2D eigenvalue weighted by molar-refractivity contribution is 8.14. The number of thioether (sulfide) groups is 1. The average Bonchev–Trinajstić information content (AvgIpc) is 2.48. The smallest absolute Gasteiger partial charge is 0.230 e. The van der Waals surface area contributed by atoms with Gasteiger partial charge in [0.2, 0.25) is 5.91 Å². The Kier molecular flexibility index (Phi) is 7.80. The number of ether oxygens (including phenoxy) is 1. The van der Waals surface area contributed by atoms with Crippen LogP contribution >= 0.6 is 11.8 Å². The maximum Gasteiger partial charge on any atom is 0.230 e. The monoisotopic (exact) mass is 323 g/mol. The summed E-state index contributed by atoms with van der Waals surface area (Å²) in [6.45, 7) is 6.72. The number of methoxy groups -OCH3 is 1. The van der Waals surface area contributed by atoms with Crippen LogP contribution in [0.1, 0.15) is 30.9 Å². The fraction of sp³-hybridized carbons (Fsp3) is 0.500. The van der Waals surface area contributed by atoms with E-state index in [9.17, 15) is 4.79 Å². The molecular formula is C16H25N3O2S. The molecule has 0 radical (unpaired) electrons. The number of carbonyl (C=O) groups is 1. The summed E-state index contributed by atoms with van der Waals surface area (Å²) in [6.07, 6.45) is 2.05. The van der Waals surface area contributed by atoms with Crippen LogP contribution in [0, 0.1) is 13.8 Å². The van der Waals surface area contributed by atoms with Crippen LogP contribution in [0.15, 0.2) is 17.1 Å². The molecule has 1 rings (SSSR count). The molecular weight excluding hydrogens is 298 g/mol. The van der Waals surface area contributed by atoms with E-state index >= 15 is 0 Å². The highest BCUT2D eigenvalue weighted by Crippen LogP contribution is 2.29. The molecule has 1 aromatic carbocycles. The first-order valence-corrected chi connectivity index (χ1v) is 8.35. The molecule has 0 aliphatic carbocycles. The summed E-state index contributed by atoms with van der Waals surface area (Å²) in [5.74, 6) is 1.07. The SMILES string of the molecule is CCCCNC(=O)CSC(N)=Nc1c(C)cc(OC)cc1C. The number of nitrogens with one attached hydrogen (secondary N) is 1. The Morgan fingerprint density at radius 3 is 2.55 bits per heavy atom. The van der Waals surface area contributed by atoms with Crippen LogP contribution in [0.4, 0.5) is 5.69 Å². The van der Waals surface area contributed by atoms with Gasteiger partial charge in [0.1, 0.15) is 5.75 Å². The Morgan fingerprint density at radius 1 is 1.36 bits per heavy atom. The minimum absolute atomic E-state index is 0.0141. The van der Waals surface area contributed by atoms with Crippen LogP contribution in [-0.2, 0) is 4.79 Å². The molecule has 0 aliphatic heterocycles. The molecule has 0 fully saturated rings. The van der Waals surface area contributed by atoms with Gasteiger partial charge in [-0.1, -0.05) is 25.1 Å². The van der Waals surface area contributed by atoms with Gasteiger partial charge in [-0.25, -0.2) is 4.99 Å². The number of benzene rings is 1. The van der Waals surface area contributed by atoms with Crippen LogP contribution in [0.3, 0.4) is 0 Å². The lowest BCUT2D eigenvalue weighted by Crippen LogP contribution is -2.27. The first-order valence-electron chi connectivity index (χ1n) is 7.36. The van der Waals surface area contributed by atoms with Crippen molar-refractivity contribution in [1.82, 2.24) is 5.32 Å². The number of amides is 1. The topological polar surface area (TPSA) is 76.7 Å². The number of amidine groups is 1. The third-order valence-corrected chi connectivity index (χ3v) is 3.92. The minimum atomic E-state index is -0.0141. The average molecular weight is 323 g/mol. The van der Waals surface area contributed by atoms with E-state index in [4.69, 9.17) is 10.5 Å². The van der Waals surface area contributed by atoms with Crippen molar-refractivity contribution in [2.75, 3.05) is 19.4 Å². The maximum absolute atomic E-state index is 11.6. The highest BCUT2D eigenvalue weighted by Gasteiger charge is 2.07. The number of hydrogen-bond donors (Lipinski definition) is 2. The predicted molar refractivity (Wildman–Crippen MR) is 94.1 cm³/mol. The highest BCUT2D eigenvalue weighted by atomic mass is 32.2. The largest absolute Gasteiger partial charge is 0.497 e. The fourth-order valence-electron chi connectivity index (χ4n) is 1.95. The molecule has 0 aliphatic rings. The third-order valence-electron chi connectivity index (χ3n) is 3.13. The number of nitrogens with zero attached hydrogens (tertiary/aromatic N) is 1. The van der Waals surface area contributed by atoms with E-state index in [1.807, 2.05) is 26.0 Å². The number of unbranched alkanes of at least 4 members (excludes halogenated alkanes) is 1. The van der Waals surface area contributed by atoms with E-state index < -0.39 is 0 Å². The summed E-state index contributed by atoms with van der Waals surface area (Å²) in [5.41, 5.74) is 8.74. The van der Waals surface area contributed by atoms with Gasteiger partial charge in [-0.15, -0.1) is 0 Å². The van der Waals surface area contributed by atoms with Crippen molar-refractivity contribution >= 4 is 28.5 Å². The zero-order valence-corrected chi connectivity index (χ0v) is 14.5. The quantitative estimate of drug-likeness (QED) is 0.459. The second-order valence-electron chi connectivity index (χ2n) is 5.05. The molecule has 0 unspecified atom stereocenters. The Bertz CT molecular complexity index is 521. The molecule has 22 heavy (non-hydrogen) atoms.